The summed E-state index contributed by atoms with van der Waals surface area (Å²) < 4.78 is 1.47. The summed E-state index contributed by atoms with van der Waals surface area (Å²) in [4.78, 5) is 27.4. The number of primary amides is 1. The summed E-state index contributed by atoms with van der Waals surface area (Å²) in [5.41, 5.74) is 6.10. The van der Waals surface area contributed by atoms with E-state index in [2.05, 4.69) is 15.6 Å². The smallest absolute Gasteiger partial charge is 0.269 e. The lowest BCUT2D eigenvalue weighted by Crippen LogP contribution is -2.33. The highest BCUT2D eigenvalue weighted by Gasteiger charge is 2.26. The van der Waals surface area contributed by atoms with E-state index in [-0.39, 0.29) is 12.5 Å². The van der Waals surface area contributed by atoms with Crippen LogP contribution in [0.3, 0.4) is 0 Å². The number of nitrogens with zero attached hydrogens (tertiary/aromatic N) is 3. The molecule has 8 heteroatoms. The van der Waals surface area contributed by atoms with Crippen molar-refractivity contribution < 1.29 is 14.4 Å². The van der Waals surface area contributed by atoms with Crippen LogP contribution in [-0.2, 0) is 16.7 Å². The molecule has 0 aromatic carbocycles. The summed E-state index contributed by atoms with van der Waals surface area (Å²) >= 11 is 0. The molecule has 0 saturated heterocycles. The van der Waals surface area contributed by atoms with Gasteiger partial charge in [0, 0.05) is 19.7 Å². The van der Waals surface area contributed by atoms with E-state index in [1.807, 2.05) is 0 Å². The molecule has 0 radical (unpaired) electrons. The first-order valence-corrected chi connectivity index (χ1v) is 5.35. The van der Waals surface area contributed by atoms with E-state index < -0.39 is 12.0 Å². The number of carbonyl (C=O) groups is 2. The molecule has 18 heavy (non-hydrogen) atoms. The van der Waals surface area contributed by atoms with E-state index in [0.29, 0.717) is 17.8 Å². The van der Waals surface area contributed by atoms with Crippen LogP contribution in [0.2, 0.25) is 0 Å². The monoisotopic (exact) mass is 251 g/mol. The molecule has 1 aromatic heterocycles. The van der Waals surface area contributed by atoms with Gasteiger partial charge >= 0.3 is 0 Å². The molecule has 8 nitrogen and oxygen atoms in total. The van der Waals surface area contributed by atoms with E-state index in [9.17, 15) is 9.59 Å². The summed E-state index contributed by atoms with van der Waals surface area (Å²) in [6.45, 7) is 0.216. The predicted octanol–water partition coefficient (Wildman–Crippen LogP) is -1.22. The molecule has 1 aromatic rings. The van der Waals surface area contributed by atoms with Crippen LogP contribution in [0, 0.1) is 0 Å². The van der Waals surface area contributed by atoms with E-state index in [1.54, 1.807) is 13.1 Å². The Labute approximate surface area is 103 Å². The second kappa shape index (κ2) is 4.86. The number of nitrogens with two attached hydrogens (primary N) is 1. The zero-order valence-corrected chi connectivity index (χ0v) is 9.79. The van der Waals surface area contributed by atoms with Gasteiger partial charge in [-0.2, -0.15) is 5.10 Å². The Balaban J connectivity index is 1.85. The van der Waals surface area contributed by atoms with Crippen LogP contribution >= 0.6 is 0 Å². The fourth-order valence-corrected chi connectivity index (χ4v) is 1.55. The average Bonchev–Trinajstić information content (AvgIpc) is 2.94. The number of hydrogen-bond donors (Lipinski definition) is 2. The van der Waals surface area contributed by atoms with E-state index in [4.69, 9.17) is 10.6 Å². The highest BCUT2D eigenvalue weighted by molar-refractivity contribution is 5.98. The van der Waals surface area contributed by atoms with Crippen LogP contribution in [0.5, 0.6) is 0 Å². The van der Waals surface area contributed by atoms with Crippen molar-refractivity contribution in [1.82, 2.24) is 15.1 Å². The normalized spacial score (nSPS) is 18.1. The van der Waals surface area contributed by atoms with Crippen LogP contribution in [0.15, 0.2) is 17.4 Å². The number of amides is 2. The summed E-state index contributed by atoms with van der Waals surface area (Å²) in [6, 6.07) is 1.61. The average molecular weight is 251 g/mol. The topological polar surface area (TPSA) is 112 Å². The van der Waals surface area contributed by atoms with Gasteiger partial charge in [-0.15, -0.1) is 0 Å². The van der Waals surface area contributed by atoms with Gasteiger partial charge in [-0.3, -0.25) is 14.3 Å². The minimum atomic E-state index is -0.728. The third-order valence-corrected chi connectivity index (χ3v) is 2.55. The van der Waals surface area contributed by atoms with Crippen molar-refractivity contribution in [3.63, 3.8) is 0 Å². The van der Waals surface area contributed by atoms with E-state index >= 15 is 0 Å². The van der Waals surface area contributed by atoms with Crippen molar-refractivity contribution in [3.05, 3.63) is 18.0 Å². The Hall–Kier alpha value is -2.38. The Morgan fingerprint density at radius 1 is 1.67 bits per heavy atom. The molecular weight excluding hydrogens is 238 g/mol. The summed E-state index contributed by atoms with van der Waals surface area (Å²) in [5.74, 6) is -0.827. The highest BCUT2D eigenvalue weighted by Crippen LogP contribution is 2.09. The second-order valence-corrected chi connectivity index (χ2v) is 3.88. The molecule has 1 aliphatic heterocycles. The maximum atomic E-state index is 11.7. The lowest BCUT2D eigenvalue weighted by Gasteiger charge is -2.04. The van der Waals surface area contributed by atoms with Gasteiger partial charge in [-0.05, 0) is 6.07 Å². The van der Waals surface area contributed by atoms with Crippen molar-refractivity contribution in [3.8, 4) is 0 Å². The zero-order chi connectivity index (χ0) is 13.1. The molecule has 0 saturated carbocycles. The second-order valence-electron chi connectivity index (χ2n) is 3.88. The molecule has 0 spiro atoms. The summed E-state index contributed by atoms with van der Waals surface area (Å²) in [6.07, 6.45) is 1.11. The first-order valence-electron chi connectivity index (χ1n) is 5.35. The molecule has 2 heterocycles. The van der Waals surface area contributed by atoms with Crippen LogP contribution in [0.1, 0.15) is 16.9 Å². The van der Waals surface area contributed by atoms with Crippen molar-refractivity contribution in [1.29, 1.82) is 0 Å². The van der Waals surface area contributed by atoms with Gasteiger partial charge in [0.05, 0.1) is 12.3 Å². The molecule has 0 bridgehead atoms. The predicted molar refractivity (Wildman–Crippen MR) is 61.7 cm³/mol. The Morgan fingerprint density at radius 2 is 2.44 bits per heavy atom. The van der Waals surface area contributed by atoms with Crippen LogP contribution < -0.4 is 11.1 Å². The lowest BCUT2D eigenvalue weighted by molar-refractivity contribution is -0.127. The number of nitrogens with one attached hydrogen (secondary N) is 1. The molecule has 2 rings (SSSR count). The lowest BCUT2D eigenvalue weighted by atomic mass is 10.2. The van der Waals surface area contributed by atoms with Crippen molar-refractivity contribution >= 4 is 17.5 Å². The van der Waals surface area contributed by atoms with Gasteiger partial charge in [0.1, 0.15) is 5.69 Å². The van der Waals surface area contributed by atoms with Gasteiger partial charge in [-0.1, -0.05) is 5.16 Å². The molecule has 96 valence electrons. The number of oxime groups is 1. The first kappa shape index (κ1) is 12.1. The van der Waals surface area contributed by atoms with Gasteiger partial charge in [0.15, 0.2) is 0 Å². The van der Waals surface area contributed by atoms with Gasteiger partial charge in [-0.25, -0.2) is 0 Å². The molecule has 3 N–H and O–H groups in total. The molecule has 1 unspecified atom stereocenters. The standard InChI is InChI=1S/C10H13N5O3/c1-15-7(2-3-13-15)10(17)12-5-6-4-8(9(11)16)18-14-6/h2-3,8H,4-5H2,1H3,(H2,11,16)(H,12,17). The number of aromatic nitrogens is 2. The fraction of sp³-hybridized carbons (Fsp3) is 0.400. The van der Waals surface area contributed by atoms with Gasteiger partial charge < -0.3 is 15.9 Å². The molecule has 1 aliphatic rings. The van der Waals surface area contributed by atoms with E-state index in [0.717, 1.165) is 0 Å². The van der Waals surface area contributed by atoms with Crippen molar-refractivity contribution in [2.24, 2.45) is 17.9 Å². The number of aryl methyl sites for hydroxylation is 1. The Kier molecular flexibility index (Phi) is 3.26. The van der Waals surface area contributed by atoms with Gasteiger partial charge in [0.25, 0.3) is 11.8 Å². The quantitative estimate of drug-likeness (QED) is 0.698. The number of hydrogen-bond acceptors (Lipinski definition) is 5. The SMILES string of the molecule is Cn1nccc1C(=O)NCC1=NOC(C(N)=O)C1. The fourth-order valence-electron chi connectivity index (χ4n) is 1.55. The summed E-state index contributed by atoms with van der Waals surface area (Å²) in [7, 11) is 1.67. The molecule has 2 amide bonds. The third kappa shape index (κ3) is 2.47. The zero-order valence-electron chi connectivity index (χ0n) is 9.79. The molecule has 1 atom stereocenters. The van der Waals surface area contributed by atoms with Crippen molar-refractivity contribution in [2.45, 2.75) is 12.5 Å². The van der Waals surface area contributed by atoms with Crippen molar-refractivity contribution in [2.75, 3.05) is 6.54 Å². The van der Waals surface area contributed by atoms with Crippen LogP contribution in [-0.4, -0.2) is 40.0 Å². The van der Waals surface area contributed by atoms with Gasteiger partial charge in [0.2, 0.25) is 6.10 Å². The number of rotatable bonds is 4. The first-order chi connectivity index (χ1) is 8.58. The van der Waals surface area contributed by atoms with Crippen LogP contribution in [0.4, 0.5) is 0 Å². The van der Waals surface area contributed by atoms with E-state index in [1.165, 1.54) is 10.9 Å². The highest BCUT2D eigenvalue weighted by atomic mass is 16.6. The summed E-state index contributed by atoms with van der Waals surface area (Å²) in [5, 5.41) is 10.2. The maximum absolute atomic E-state index is 11.7. The Bertz CT molecular complexity index is 507. The molecular formula is C10H13N5O3. The van der Waals surface area contributed by atoms with Crippen LogP contribution in [0.25, 0.3) is 0 Å². The minimum Gasteiger partial charge on any atom is -0.382 e. The largest absolute Gasteiger partial charge is 0.382 e. The number of carbonyl (C=O) groups excluding carboxylic acids is 2. The molecule has 0 fully saturated rings. The third-order valence-electron chi connectivity index (χ3n) is 2.55. The maximum Gasteiger partial charge on any atom is 0.269 e. The minimum absolute atomic E-state index is 0.216. The molecule has 0 aliphatic carbocycles. The Morgan fingerprint density at radius 3 is 3.00 bits per heavy atom.